The monoisotopic (exact) mass is 488 g/mol. The molecule has 0 N–H and O–H groups in total. The molecule has 5 aromatic carbocycles. The van der Waals surface area contributed by atoms with Gasteiger partial charge in [0, 0.05) is 33.2 Å². The van der Waals surface area contributed by atoms with Crippen LogP contribution in [0.3, 0.4) is 0 Å². The quantitative estimate of drug-likeness (QED) is 0.250. The summed E-state index contributed by atoms with van der Waals surface area (Å²) in [7, 11) is 0. The number of rotatable bonds is 4. The fourth-order valence-corrected chi connectivity index (χ4v) is 5.18. The van der Waals surface area contributed by atoms with Gasteiger partial charge in [0.25, 0.3) is 0 Å². The molecule has 0 bridgehead atoms. The van der Waals surface area contributed by atoms with Gasteiger partial charge in [-0.25, -0.2) is 15.0 Å². The topological polar surface area (TPSA) is 43.6 Å². The molecule has 0 unspecified atom stereocenters. The number of hydrogen-bond acceptors (Lipinski definition) is 3. The van der Waals surface area contributed by atoms with E-state index in [0.717, 1.165) is 27.9 Å². The largest absolute Gasteiger partial charge is 0.309 e. The molecular formula is C34H24N4. The molecule has 38 heavy (non-hydrogen) atoms. The highest BCUT2D eigenvalue weighted by molar-refractivity contribution is 6.11. The number of hydrogen-bond donors (Lipinski definition) is 0. The SMILES string of the molecule is Cc1cccc2c1c1cc(-c3nc(-c4ccccc4)nc(-c4ccccc4)n3)ccc1n2-c1ccccc1. The highest BCUT2D eigenvalue weighted by atomic mass is 15.0. The predicted molar refractivity (Wildman–Crippen MR) is 155 cm³/mol. The molecule has 7 rings (SSSR count). The van der Waals surface area contributed by atoms with Gasteiger partial charge in [0.15, 0.2) is 17.5 Å². The summed E-state index contributed by atoms with van der Waals surface area (Å²) in [6.07, 6.45) is 0. The second-order valence-corrected chi connectivity index (χ2v) is 9.41. The van der Waals surface area contributed by atoms with Gasteiger partial charge in [0.1, 0.15) is 0 Å². The summed E-state index contributed by atoms with van der Waals surface area (Å²) in [5, 5.41) is 2.43. The van der Waals surface area contributed by atoms with Crippen molar-refractivity contribution in [2.75, 3.05) is 0 Å². The summed E-state index contributed by atoms with van der Waals surface area (Å²) >= 11 is 0. The van der Waals surface area contributed by atoms with Crippen molar-refractivity contribution in [2.45, 2.75) is 6.92 Å². The second kappa shape index (κ2) is 9.09. The van der Waals surface area contributed by atoms with Crippen molar-refractivity contribution in [3.8, 4) is 39.9 Å². The Morgan fingerprint density at radius 1 is 0.474 bits per heavy atom. The molecule has 0 atom stereocenters. The van der Waals surface area contributed by atoms with Crippen molar-refractivity contribution in [1.82, 2.24) is 19.5 Å². The van der Waals surface area contributed by atoms with E-state index in [2.05, 4.69) is 78.2 Å². The van der Waals surface area contributed by atoms with E-state index in [1.807, 2.05) is 60.7 Å². The Morgan fingerprint density at radius 2 is 1.03 bits per heavy atom. The lowest BCUT2D eigenvalue weighted by Crippen LogP contribution is -2.00. The van der Waals surface area contributed by atoms with Crippen LogP contribution in [0.25, 0.3) is 61.7 Å². The van der Waals surface area contributed by atoms with Gasteiger partial charge < -0.3 is 4.57 Å². The van der Waals surface area contributed by atoms with E-state index in [4.69, 9.17) is 15.0 Å². The van der Waals surface area contributed by atoms with Gasteiger partial charge in [0.05, 0.1) is 11.0 Å². The van der Waals surface area contributed by atoms with E-state index < -0.39 is 0 Å². The number of benzene rings is 5. The molecule has 4 nitrogen and oxygen atoms in total. The molecule has 0 aliphatic heterocycles. The smallest absolute Gasteiger partial charge is 0.164 e. The van der Waals surface area contributed by atoms with Gasteiger partial charge in [0.2, 0.25) is 0 Å². The maximum Gasteiger partial charge on any atom is 0.164 e. The van der Waals surface area contributed by atoms with E-state index in [0.29, 0.717) is 17.5 Å². The third-order valence-electron chi connectivity index (χ3n) is 6.97. The highest BCUT2D eigenvalue weighted by Gasteiger charge is 2.17. The fraction of sp³-hybridized carbons (Fsp3) is 0.0294. The van der Waals surface area contributed by atoms with Gasteiger partial charge in [-0.15, -0.1) is 0 Å². The number of nitrogens with zero attached hydrogens (tertiary/aromatic N) is 4. The lowest BCUT2D eigenvalue weighted by atomic mass is 10.1. The Bertz CT molecular complexity index is 1850. The minimum absolute atomic E-state index is 0.661. The van der Waals surface area contributed by atoms with Crippen molar-refractivity contribution in [1.29, 1.82) is 0 Å². The molecule has 7 aromatic rings. The standard InChI is InChI=1S/C34H24N4/c1-23-12-11-19-30-31(23)28-22-26(20-21-29(28)38(30)27-17-9-4-10-18-27)34-36-32(24-13-5-2-6-14-24)35-33(37-34)25-15-7-3-8-16-25/h2-22H,1H3. The lowest BCUT2D eigenvalue weighted by molar-refractivity contribution is 1.07. The van der Waals surface area contributed by atoms with E-state index in [9.17, 15) is 0 Å². The average Bonchev–Trinajstić information content (AvgIpc) is 3.33. The molecule has 0 radical (unpaired) electrons. The molecule has 0 amide bonds. The zero-order valence-electron chi connectivity index (χ0n) is 20.9. The third kappa shape index (κ3) is 3.75. The molecule has 0 aliphatic rings. The van der Waals surface area contributed by atoms with Crippen LogP contribution in [0.2, 0.25) is 0 Å². The molecule has 2 aromatic heterocycles. The van der Waals surface area contributed by atoms with Gasteiger partial charge in [-0.3, -0.25) is 0 Å². The third-order valence-corrected chi connectivity index (χ3v) is 6.97. The van der Waals surface area contributed by atoms with Crippen LogP contribution in [0.4, 0.5) is 0 Å². The van der Waals surface area contributed by atoms with Gasteiger partial charge >= 0.3 is 0 Å². The molecule has 0 aliphatic carbocycles. The maximum absolute atomic E-state index is 4.94. The fourth-order valence-electron chi connectivity index (χ4n) is 5.18. The molecule has 180 valence electrons. The zero-order valence-corrected chi connectivity index (χ0v) is 20.9. The maximum atomic E-state index is 4.94. The Balaban J connectivity index is 1.48. The van der Waals surface area contributed by atoms with Crippen LogP contribution in [-0.4, -0.2) is 19.5 Å². The molecular weight excluding hydrogens is 464 g/mol. The predicted octanol–water partition coefficient (Wildman–Crippen LogP) is 8.28. The summed E-state index contributed by atoms with van der Waals surface area (Å²) < 4.78 is 2.33. The molecule has 0 saturated carbocycles. The molecule has 0 fully saturated rings. The molecule has 4 heteroatoms. The second-order valence-electron chi connectivity index (χ2n) is 9.41. The number of aromatic nitrogens is 4. The van der Waals surface area contributed by atoms with Crippen LogP contribution in [0.5, 0.6) is 0 Å². The van der Waals surface area contributed by atoms with Crippen LogP contribution in [0.15, 0.2) is 127 Å². The summed E-state index contributed by atoms with van der Waals surface area (Å²) in [4.78, 5) is 14.7. The normalized spacial score (nSPS) is 11.3. The van der Waals surface area contributed by atoms with Gasteiger partial charge in [-0.2, -0.15) is 0 Å². The minimum Gasteiger partial charge on any atom is -0.309 e. The van der Waals surface area contributed by atoms with Gasteiger partial charge in [-0.1, -0.05) is 91.0 Å². The van der Waals surface area contributed by atoms with Crippen molar-refractivity contribution < 1.29 is 0 Å². The van der Waals surface area contributed by atoms with Crippen molar-refractivity contribution in [3.63, 3.8) is 0 Å². The van der Waals surface area contributed by atoms with Crippen LogP contribution >= 0.6 is 0 Å². The molecule has 2 heterocycles. The summed E-state index contributed by atoms with van der Waals surface area (Å²) in [6.45, 7) is 2.17. The minimum atomic E-state index is 0.661. The summed E-state index contributed by atoms with van der Waals surface area (Å²) in [5.74, 6) is 1.99. The Morgan fingerprint density at radius 3 is 1.63 bits per heavy atom. The van der Waals surface area contributed by atoms with E-state index >= 15 is 0 Å². The lowest BCUT2D eigenvalue weighted by Gasteiger charge is -2.09. The number of fused-ring (bicyclic) bond motifs is 3. The first-order valence-electron chi connectivity index (χ1n) is 12.7. The molecule has 0 saturated heterocycles. The van der Waals surface area contributed by atoms with E-state index in [-0.39, 0.29) is 0 Å². The number of para-hydroxylation sites is 1. The van der Waals surface area contributed by atoms with Crippen LogP contribution in [0.1, 0.15) is 5.56 Å². The van der Waals surface area contributed by atoms with E-state index in [1.54, 1.807) is 0 Å². The Kier molecular flexibility index (Phi) is 5.30. The number of aryl methyl sites for hydroxylation is 1. The average molecular weight is 489 g/mol. The van der Waals surface area contributed by atoms with Crippen LogP contribution in [0, 0.1) is 6.92 Å². The summed E-state index contributed by atoms with van der Waals surface area (Å²) in [5.41, 5.74) is 7.62. The first-order valence-corrected chi connectivity index (χ1v) is 12.7. The van der Waals surface area contributed by atoms with Gasteiger partial charge in [-0.05, 0) is 48.9 Å². The first kappa shape index (κ1) is 22.1. The van der Waals surface area contributed by atoms with E-state index in [1.165, 1.54) is 21.9 Å². The Hall–Kier alpha value is -5.09. The zero-order chi connectivity index (χ0) is 25.5. The molecule has 0 spiro atoms. The van der Waals surface area contributed by atoms with Crippen molar-refractivity contribution in [3.05, 3.63) is 133 Å². The van der Waals surface area contributed by atoms with Crippen molar-refractivity contribution >= 4 is 21.8 Å². The summed E-state index contributed by atoms with van der Waals surface area (Å²) in [6, 6.07) is 43.7. The van der Waals surface area contributed by atoms with Crippen LogP contribution < -0.4 is 0 Å². The first-order chi connectivity index (χ1) is 18.8. The Labute approximate surface area is 220 Å². The highest BCUT2D eigenvalue weighted by Crippen LogP contribution is 2.36. The van der Waals surface area contributed by atoms with Crippen LogP contribution in [-0.2, 0) is 0 Å². The van der Waals surface area contributed by atoms with Crippen molar-refractivity contribution in [2.24, 2.45) is 0 Å².